The summed E-state index contributed by atoms with van der Waals surface area (Å²) in [5, 5.41) is 0. The van der Waals surface area contributed by atoms with Gasteiger partial charge in [-0.15, -0.1) is 0 Å². The molecule has 0 spiro atoms. The van der Waals surface area contributed by atoms with Crippen LogP contribution < -0.4 is 0 Å². The number of carbonyl (C=O) groups is 3. The summed E-state index contributed by atoms with van der Waals surface area (Å²) in [7, 11) is 0. The fourth-order valence-electron chi connectivity index (χ4n) is 4.10. The molecule has 0 radical (unpaired) electrons. The van der Waals surface area contributed by atoms with Gasteiger partial charge in [0.2, 0.25) is 18.2 Å². The fourth-order valence-corrected chi connectivity index (χ4v) is 4.10. The van der Waals surface area contributed by atoms with Crippen molar-refractivity contribution >= 4 is 18.2 Å². The van der Waals surface area contributed by atoms with Gasteiger partial charge < -0.3 is 9.80 Å². The van der Waals surface area contributed by atoms with Crippen molar-refractivity contribution in [3.8, 4) is 0 Å². The Bertz CT molecular complexity index is 536. The molecule has 0 aromatic rings. The zero-order valence-corrected chi connectivity index (χ0v) is 20.0. The normalized spacial score (nSPS) is 18.4. The number of rotatable bonds is 9. The first kappa shape index (κ1) is 27.3. The molecular weight excluding hydrogens is 390 g/mol. The number of allylic oxidation sites excluding steroid dienone is 2. The van der Waals surface area contributed by atoms with Crippen LogP contribution in [-0.4, -0.2) is 72.2 Å². The van der Waals surface area contributed by atoms with Crippen molar-refractivity contribution in [2.75, 3.05) is 39.3 Å². The molecule has 1 aliphatic rings. The zero-order valence-electron chi connectivity index (χ0n) is 20.0. The van der Waals surface area contributed by atoms with Gasteiger partial charge in [0, 0.05) is 33.5 Å². The zero-order chi connectivity index (χ0) is 22.7. The Kier molecular flexibility index (Phi) is 15.8. The second kappa shape index (κ2) is 17.9. The third-order valence-electron chi connectivity index (χ3n) is 6.06. The van der Waals surface area contributed by atoms with Crippen LogP contribution in [0.15, 0.2) is 12.2 Å². The molecule has 3 amide bonds. The summed E-state index contributed by atoms with van der Waals surface area (Å²) in [6.07, 6.45) is 19.7. The van der Waals surface area contributed by atoms with E-state index in [1.807, 2.05) is 4.90 Å². The molecule has 0 aliphatic carbocycles. The molecule has 0 fully saturated rings. The first-order chi connectivity index (χ1) is 15.0. The first-order valence-corrected chi connectivity index (χ1v) is 12.4. The summed E-state index contributed by atoms with van der Waals surface area (Å²) in [6.45, 7) is 7.98. The molecule has 1 aliphatic heterocycles. The lowest BCUT2D eigenvalue weighted by Crippen LogP contribution is -2.36. The van der Waals surface area contributed by atoms with E-state index in [9.17, 15) is 14.4 Å². The van der Waals surface area contributed by atoms with E-state index in [0.29, 0.717) is 25.9 Å². The van der Waals surface area contributed by atoms with Crippen molar-refractivity contribution in [2.45, 2.75) is 90.9 Å². The average molecular weight is 436 g/mol. The van der Waals surface area contributed by atoms with Crippen molar-refractivity contribution in [1.29, 1.82) is 0 Å². The van der Waals surface area contributed by atoms with E-state index in [-0.39, 0.29) is 11.8 Å². The summed E-state index contributed by atoms with van der Waals surface area (Å²) in [5.74, 6) is -0.193. The molecular formula is C25H45N3O3. The molecule has 0 saturated heterocycles. The molecule has 178 valence electrons. The van der Waals surface area contributed by atoms with Crippen molar-refractivity contribution in [2.24, 2.45) is 0 Å². The third-order valence-corrected chi connectivity index (χ3v) is 6.06. The summed E-state index contributed by atoms with van der Waals surface area (Å²) in [4.78, 5) is 39.8. The van der Waals surface area contributed by atoms with Crippen molar-refractivity contribution in [1.82, 2.24) is 14.7 Å². The number of amides is 3. The number of carbonyl (C=O) groups excluding carboxylic acids is 3. The van der Waals surface area contributed by atoms with Crippen LogP contribution in [0.4, 0.5) is 0 Å². The molecule has 0 N–H and O–H groups in total. The van der Waals surface area contributed by atoms with Crippen LogP contribution in [0, 0.1) is 0 Å². The molecule has 0 bridgehead atoms. The molecule has 31 heavy (non-hydrogen) atoms. The van der Waals surface area contributed by atoms with Crippen LogP contribution in [0.5, 0.6) is 0 Å². The van der Waals surface area contributed by atoms with E-state index in [4.69, 9.17) is 0 Å². The second-order valence-corrected chi connectivity index (χ2v) is 8.75. The van der Waals surface area contributed by atoms with Crippen LogP contribution in [-0.2, 0) is 14.4 Å². The number of hydrogen-bond acceptors (Lipinski definition) is 4. The van der Waals surface area contributed by atoms with E-state index in [1.54, 1.807) is 6.92 Å². The van der Waals surface area contributed by atoms with E-state index in [2.05, 4.69) is 17.1 Å². The van der Waals surface area contributed by atoms with Gasteiger partial charge in [-0.3, -0.25) is 19.3 Å². The Morgan fingerprint density at radius 2 is 1.32 bits per heavy atom. The van der Waals surface area contributed by atoms with Crippen LogP contribution in [0.3, 0.4) is 0 Å². The molecule has 0 aromatic heterocycles. The Labute approximate surface area is 190 Å². The van der Waals surface area contributed by atoms with Gasteiger partial charge in [0.15, 0.2) is 0 Å². The minimum atomic E-state index is -0.253. The van der Waals surface area contributed by atoms with Gasteiger partial charge in [0.1, 0.15) is 0 Å². The Morgan fingerprint density at radius 3 is 1.94 bits per heavy atom. The maximum atomic E-state index is 12.0. The monoisotopic (exact) mass is 435 g/mol. The average Bonchev–Trinajstić information content (AvgIpc) is 2.75. The lowest BCUT2D eigenvalue weighted by atomic mass is 10.1. The van der Waals surface area contributed by atoms with Crippen LogP contribution in [0.2, 0.25) is 0 Å². The molecule has 1 rings (SSSR count). The molecule has 6 nitrogen and oxygen atoms in total. The standard InChI is InChI=1S/C25H45N3O3/c1-24(30)27(21-16-22-28(23-29)25(2)31)20-15-19-26-17-13-11-9-7-5-3-4-6-8-10-12-14-18-26/h5,7,23H,3-4,6,8-22H2,1-2H3/b7-5+. The maximum Gasteiger partial charge on any atom is 0.225 e. The van der Waals surface area contributed by atoms with Gasteiger partial charge in [0.25, 0.3) is 0 Å². The Balaban J connectivity index is 2.40. The fraction of sp³-hybridized carbons (Fsp3) is 0.800. The minimum Gasteiger partial charge on any atom is -0.343 e. The quantitative estimate of drug-likeness (QED) is 0.398. The summed E-state index contributed by atoms with van der Waals surface area (Å²) in [6, 6.07) is 0. The van der Waals surface area contributed by atoms with Gasteiger partial charge in [-0.05, 0) is 71.0 Å². The topological polar surface area (TPSA) is 60.9 Å². The predicted octanol–water partition coefficient (Wildman–Crippen LogP) is 4.39. The summed E-state index contributed by atoms with van der Waals surface area (Å²) in [5.41, 5.74) is 0. The maximum absolute atomic E-state index is 12.0. The molecule has 0 atom stereocenters. The smallest absolute Gasteiger partial charge is 0.225 e. The minimum absolute atomic E-state index is 0.0596. The van der Waals surface area contributed by atoms with Crippen molar-refractivity contribution in [3.63, 3.8) is 0 Å². The Morgan fingerprint density at radius 1 is 0.774 bits per heavy atom. The highest BCUT2D eigenvalue weighted by Gasteiger charge is 2.12. The number of nitrogens with zero attached hydrogens (tertiary/aromatic N) is 3. The number of imide groups is 1. The largest absolute Gasteiger partial charge is 0.343 e. The van der Waals surface area contributed by atoms with E-state index in [1.165, 1.54) is 71.1 Å². The van der Waals surface area contributed by atoms with Crippen LogP contribution in [0.25, 0.3) is 0 Å². The molecule has 0 saturated carbocycles. The third kappa shape index (κ3) is 14.1. The Hall–Kier alpha value is -1.69. The van der Waals surface area contributed by atoms with Crippen LogP contribution in [0.1, 0.15) is 90.9 Å². The lowest BCUT2D eigenvalue weighted by molar-refractivity contribution is -0.136. The highest BCUT2D eigenvalue weighted by atomic mass is 16.2. The predicted molar refractivity (Wildman–Crippen MR) is 127 cm³/mol. The highest BCUT2D eigenvalue weighted by molar-refractivity contribution is 5.84. The first-order valence-electron chi connectivity index (χ1n) is 12.4. The lowest BCUT2D eigenvalue weighted by Gasteiger charge is -2.26. The van der Waals surface area contributed by atoms with Gasteiger partial charge >= 0.3 is 0 Å². The second-order valence-electron chi connectivity index (χ2n) is 8.75. The number of hydrogen-bond donors (Lipinski definition) is 0. The summed E-state index contributed by atoms with van der Waals surface area (Å²) < 4.78 is 0. The van der Waals surface area contributed by atoms with E-state index < -0.39 is 0 Å². The van der Waals surface area contributed by atoms with Crippen molar-refractivity contribution in [3.05, 3.63) is 12.2 Å². The van der Waals surface area contributed by atoms with Crippen molar-refractivity contribution < 1.29 is 14.4 Å². The molecule has 6 heteroatoms. The van der Waals surface area contributed by atoms with Crippen LogP contribution >= 0.6 is 0 Å². The van der Waals surface area contributed by atoms with Gasteiger partial charge in [-0.1, -0.05) is 37.8 Å². The summed E-state index contributed by atoms with van der Waals surface area (Å²) >= 11 is 0. The van der Waals surface area contributed by atoms with Gasteiger partial charge in [-0.2, -0.15) is 0 Å². The van der Waals surface area contributed by atoms with Gasteiger partial charge in [-0.25, -0.2) is 0 Å². The van der Waals surface area contributed by atoms with E-state index in [0.717, 1.165) is 37.5 Å². The molecule has 0 unspecified atom stereocenters. The van der Waals surface area contributed by atoms with Gasteiger partial charge in [0.05, 0.1) is 0 Å². The molecule has 0 aromatic carbocycles. The molecule has 1 heterocycles. The van der Waals surface area contributed by atoms with E-state index >= 15 is 0 Å². The highest BCUT2D eigenvalue weighted by Crippen LogP contribution is 2.11. The SMILES string of the molecule is CC(=O)N(C=O)CCCN(CCCN1CCCC/C=C/CCCCCCCC1)C(C)=O.